The molecule has 0 aromatic carbocycles. The van der Waals surface area contributed by atoms with Crippen LogP contribution in [0, 0.1) is 12.8 Å². The van der Waals surface area contributed by atoms with Crippen molar-refractivity contribution in [2.24, 2.45) is 11.7 Å². The standard InChI is InChI=1S/C15H25B3FN3O7/c1-5(2)7(20)11(26)28-15(17,18)13(19)8(23)9(24)14(16,29-13)22-4-6(3)10(25)21-12(22)27/h4-5,7-9,23-24H,16-18,20H2,1-3H3,(H,21,25,27)/t7-,8-,9+,13-,14-/m0/s1. The number of carbonyl (C=O) groups excluding carboxylic acids is 1. The van der Waals surface area contributed by atoms with Gasteiger partial charge in [-0.3, -0.25) is 19.1 Å². The SMILES string of the molecule is BC(B)(OC(=O)[C@@H](N)C(C)C)[C@@]1(F)O[C@@](B)(n2cc(C)c(=O)[nH]c2=O)[C@H](O)[C@@H]1O. The number of aromatic amines is 1. The number of ether oxygens (including phenoxy) is 2. The van der Waals surface area contributed by atoms with Crippen molar-refractivity contribution in [2.45, 2.75) is 55.9 Å². The number of carbonyl (C=O) groups is 1. The number of esters is 1. The van der Waals surface area contributed by atoms with Gasteiger partial charge in [-0.05, 0) is 12.8 Å². The van der Waals surface area contributed by atoms with Crippen molar-refractivity contribution >= 4 is 29.5 Å². The van der Waals surface area contributed by atoms with E-state index in [9.17, 15) is 24.6 Å². The molecular formula is C15H25B3FN3O7. The van der Waals surface area contributed by atoms with Crippen LogP contribution < -0.4 is 17.0 Å². The molecule has 1 aliphatic rings. The first-order valence-electron chi connectivity index (χ1n) is 9.15. The number of nitrogens with two attached hydrogens (primary N) is 1. The second-order valence-corrected chi connectivity index (χ2v) is 8.33. The topological polar surface area (TPSA) is 157 Å². The molecule has 1 fully saturated rings. The molecule has 2 rings (SSSR count). The number of hydrogen-bond donors (Lipinski definition) is 4. The van der Waals surface area contributed by atoms with E-state index in [-0.39, 0.29) is 11.5 Å². The molecule has 0 bridgehead atoms. The molecule has 5 N–H and O–H groups in total. The van der Waals surface area contributed by atoms with Crippen molar-refractivity contribution in [3.63, 3.8) is 0 Å². The molecule has 2 heterocycles. The predicted molar refractivity (Wildman–Crippen MR) is 108 cm³/mol. The zero-order valence-electron chi connectivity index (χ0n) is 17.2. The molecule has 14 heteroatoms. The minimum Gasteiger partial charge on any atom is -0.471 e. The van der Waals surface area contributed by atoms with Crippen LogP contribution in [-0.4, -0.2) is 78.8 Å². The van der Waals surface area contributed by atoms with E-state index in [1.165, 1.54) is 14.8 Å². The molecule has 0 aliphatic carbocycles. The summed E-state index contributed by atoms with van der Waals surface area (Å²) < 4.78 is 27.3. The van der Waals surface area contributed by atoms with Crippen molar-refractivity contribution in [2.75, 3.05) is 0 Å². The largest absolute Gasteiger partial charge is 0.471 e. The number of nitrogens with zero attached hydrogens (tertiary/aromatic N) is 1. The summed E-state index contributed by atoms with van der Waals surface area (Å²) in [5, 5.41) is 18.9. The average molecular weight is 411 g/mol. The van der Waals surface area contributed by atoms with Gasteiger partial charge in [-0.2, -0.15) is 0 Å². The van der Waals surface area contributed by atoms with Gasteiger partial charge in [-0.1, -0.05) is 13.8 Å². The summed E-state index contributed by atoms with van der Waals surface area (Å²) in [7, 11) is 3.47. The van der Waals surface area contributed by atoms with Crippen LogP contribution in [0.1, 0.15) is 19.4 Å². The van der Waals surface area contributed by atoms with Gasteiger partial charge < -0.3 is 25.4 Å². The third-order valence-electron chi connectivity index (χ3n) is 5.35. The lowest BCUT2D eigenvalue weighted by atomic mass is 9.59. The number of aliphatic hydroxyl groups excluding tert-OH is 2. The summed E-state index contributed by atoms with van der Waals surface area (Å²) in [6.45, 7) is 4.76. The van der Waals surface area contributed by atoms with Gasteiger partial charge in [0.05, 0.1) is 0 Å². The van der Waals surface area contributed by atoms with Crippen molar-refractivity contribution in [3.8, 4) is 0 Å². The van der Waals surface area contributed by atoms with Gasteiger partial charge in [0.2, 0.25) is 0 Å². The fourth-order valence-corrected chi connectivity index (χ4v) is 3.15. The maximum atomic E-state index is 15.9. The number of hydrogen-bond acceptors (Lipinski definition) is 8. The van der Waals surface area contributed by atoms with Crippen LogP contribution in [0.4, 0.5) is 4.39 Å². The van der Waals surface area contributed by atoms with Crippen molar-refractivity contribution in [1.82, 2.24) is 9.55 Å². The highest BCUT2D eigenvalue weighted by molar-refractivity contribution is 6.40. The third kappa shape index (κ3) is 3.69. The van der Waals surface area contributed by atoms with E-state index < -0.39 is 52.3 Å². The normalized spacial score (nSPS) is 31.0. The van der Waals surface area contributed by atoms with Crippen molar-refractivity contribution < 1.29 is 28.9 Å². The molecule has 10 nitrogen and oxygen atoms in total. The van der Waals surface area contributed by atoms with Gasteiger partial charge in [-0.25, -0.2) is 9.18 Å². The molecule has 5 atom stereocenters. The van der Waals surface area contributed by atoms with E-state index in [1.54, 1.807) is 13.8 Å². The van der Waals surface area contributed by atoms with Crippen LogP contribution >= 0.6 is 0 Å². The zero-order valence-corrected chi connectivity index (χ0v) is 17.2. The van der Waals surface area contributed by atoms with E-state index in [1.807, 2.05) is 4.98 Å². The summed E-state index contributed by atoms with van der Waals surface area (Å²) in [5.74, 6) is -4.31. The molecule has 1 aromatic rings. The van der Waals surface area contributed by atoms with Gasteiger partial charge in [0, 0.05) is 11.8 Å². The van der Waals surface area contributed by atoms with Crippen LogP contribution in [0.25, 0.3) is 0 Å². The number of aryl methyl sites for hydroxylation is 1. The Labute approximate surface area is 168 Å². The predicted octanol–water partition coefficient (Wildman–Crippen LogP) is -5.05. The number of rotatable bonds is 5. The Hall–Kier alpha value is -1.89. The molecule has 0 radical (unpaired) electrons. The molecule has 0 spiro atoms. The van der Waals surface area contributed by atoms with Gasteiger partial charge in [0.15, 0.2) is 23.5 Å². The summed E-state index contributed by atoms with van der Waals surface area (Å²) >= 11 is 0. The lowest BCUT2D eigenvalue weighted by molar-refractivity contribution is -0.250. The first kappa shape index (κ1) is 23.4. The highest BCUT2D eigenvalue weighted by Gasteiger charge is 2.68. The molecule has 1 aliphatic heterocycles. The van der Waals surface area contributed by atoms with Gasteiger partial charge in [0.25, 0.3) is 11.4 Å². The maximum Gasteiger partial charge on any atom is 0.330 e. The molecule has 0 saturated carbocycles. The Morgan fingerprint density at radius 2 is 1.97 bits per heavy atom. The van der Waals surface area contributed by atoms with Gasteiger partial charge in [0.1, 0.15) is 29.3 Å². The van der Waals surface area contributed by atoms with E-state index >= 15 is 4.39 Å². The molecule has 1 saturated heterocycles. The van der Waals surface area contributed by atoms with E-state index in [2.05, 4.69) is 0 Å². The first-order chi connectivity index (χ1) is 13.1. The van der Waals surface area contributed by atoms with Crippen LogP contribution in [0.2, 0.25) is 0 Å². The van der Waals surface area contributed by atoms with Crippen molar-refractivity contribution in [3.05, 3.63) is 32.6 Å². The maximum absolute atomic E-state index is 15.9. The van der Waals surface area contributed by atoms with E-state index in [4.69, 9.17) is 15.2 Å². The average Bonchev–Trinajstić information content (AvgIpc) is 2.79. The fourth-order valence-electron chi connectivity index (χ4n) is 3.15. The Balaban J connectivity index is 2.48. The first-order valence-corrected chi connectivity index (χ1v) is 9.15. The minimum atomic E-state index is -3.10. The zero-order chi connectivity index (χ0) is 22.5. The molecule has 0 amide bonds. The number of aromatic nitrogens is 2. The summed E-state index contributed by atoms with van der Waals surface area (Å²) in [6, 6.07) is -1.04. The Morgan fingerprint density at radius 3 is 2.48 bits per heavy atom. The molecular weight excluding hydrogens is 386 g/mol. The van der Waals surface area contributed by atoms with Crippen molar-refractivity contribution in [1.29, 1.82) is 0 Å². The number of nitrogens with one attached hydrogen (secondary N) is 1. The Morgan fingerprint density at radius 1 is 1.41 bits per heavy atom. The van der Waals surface area contributed by atoms with E-state index in [0.717, 1.165) is 26.5 Å². The number of halogens is 1. The monoisotopic (exact) mass is 411 g/mol. The highest BCUT2D eigenvalue weighted by atomic mass is 19.2. The molecule has 1 aromatic heterocycles. The lowest BCUT2D eigenvalue weighted by Crippen LogP contribution is -2.62. The van der Waals surface area contributed by atoms with Crippen LogP contribution in [-0.2, 0) is 19.9 Å². The van der Waals surface area contributed by atoms with Crippen LogP contribution in [0.5, 0.6) is 0 Å². The summed E-state index contributed by atoms with van der Waals surface area (Å²) in [5.41, 5.74) is 2.09. The molecule has 0 unspecified atom stereocenters. The van der Waals surface area contributed by atoms with E-state index in [0.29, 0.717) is 0 Å². The summed E-state index contributed by atoms with van der Waals surface area (Å²) in [6.07, 6.45) is -3.05. The Kier molecular flexibility index (Phi) is 5.99. The summed E-state index contributed by atoms with van der Waals surface area (Å²) in [4.78, 5) is 38.1. The third-order valence-corrected chi connectivity index (χ3v) is 5.35. The second-order valence-electron chi connectivity index (χ2n) is 8.33. The number of alkyl halides is 1. The quantitative estimate of drug-likeness (QED) is 0.277. The Bertz CT molecular complexity index is 923. The van der Waals surface area contributed by atoms with Gasteiger partial charge in [-0.15, -0.1) is 0 Å². The molecule has 158 valence electrons. The number of aliphatic hydroxyl groups is 2. The van der Waals surface area contributed by atoms with Gasteiger partial charge >= 0.3 is 11.7 Å². The number of H-pyrrole nitrogens is 1. The minimum absolute atomic E-state index is 0.0982. The molecule has 29 heavy (non-hydrogen) atoms. The van der Waals surface area contributed by atoms with Crippen LogP contribution in [0.3, 0.4) is 0 Å². The smallest absolute Gasteiger partial charge is 0.330 e. The van der Waals surface area contributed by atoms with Crippen LogP contribution in [0.15, 0.2) is 15.8 Å². The highest BCUT2D eigenvalue weighted by Crippen LogP contribution is 2.45. The second kappa shape index (κ2) is 7.42. The fraction of sp³-hybridized carbons (Fsp3) is 0.667. The lowest BCUT2D eigenvalue weighted by Gasteiger charge is -2.40.